The van der Waals surface area contributed by atoms with Crippen molar-refractivity contribution in [1.29, 1.82) is 0 Å². The summed E-state index contributed by atoms with van der Waals surface area (Å²) < 4.78 is 0. The molecule has 17 heavy (non-hydrogen) atoms. The first-order chi connectivity index (χ1) is 7.84. The Morgan fingerprint density at radius 1 is 1.53 bits per heavy atom. The molecule has 0 aliphatic rings. The summed E-state index contributed by atoms with van der Waals surface area (Å²) in [7, 11) is 0. The van der Waals surface area contributed by atoms with Crippen molar-refractivity contribution >= 4 is 11.8 Å². The van der Waals surface area contributed by atoms with Gasteiger partial charge in [-0.1, -0.05) is 26.7 Å². The van der Waals surface area contributed by atoms with Crippen molar-refractivity contribution in [2.45, 2.75) is 26.2 Å². The maximum Gasteiger partial charge on any atom is 0.335 e. The van der Waals surface area contributed by atoms with E-state index in [1.54, 1.807) is 6.07 Å². The molecule has 0 fully saturated rings. The lowest BCUT2D eigenvalue weighted by Crippen LogP contribution is -2.16. The highest BCUT2D eigenvalue weighted by atomic mass is 16.4. The number of terminal acetylenes is 1. The van der Waals surface area contributed by atoms with Gasteiger partial charge in [0.25, 0.3) is 0 Å². The van der Waals surface area contributed by atoms with E-state index in [4.69, 9.17) is 11.5 Å². The number of carbonyl (C=O) groups is 1. The minimum Gasteiger partial charge on any atom is -0.478 e. The van der Waals surface area contributed by atoms with Crippen LogP contribution in [-0.4, -0.2) is 22.6 Å². The van der Waals surface area contributed by atoms with Crippen molar-refractivity contribution < 1.29 is 9.90 Å². The molecule has 1 aromatic heterocycles. The van der Waals surface area contributed by atoms with Gasteiger partial charge in [-0.15, -0.1) is 6.42 Å². The molecule has 0 unspecified atom stereocenters. The Balaban J connectivity index is 3.20. The van der Waals surface area contributed by atoms with Crippen molar-refractivity contribution in [1.82, 2.24) is 4.98 Å². The lowest BCUT2D eigenvalue weighted by molar-refractivity contribution is 0.0696. The minimum atomic E-state index is -0.971. The Hall–Kier alpha value is -2.02. The summed E-state index contributed by atoms with van der Waals surface area (Å²) in [5.41, 5.74) is 0.722. The largest absolute Gasteiger partial charge is 0.478 e. The third kappa shape index (κ3) is 3.49. The number of hydrogen-bond acceptors (Lipinski definition) is 3. The lowest BCUT2D eigenvalue weighted by atomic mass is 9.91. The molecule has 0 aliphatic heterocycles. The van der Waals surface area contributed by atoms with Crippen LogP contribution >= 0.6 is 0 Å². The van der Waals surface area contributed by atoms with Crippen molar-refractivity contribution in [2.24, 2.45) is 0 Å². The van der Waals surface area contributed by atoms with Crippen molar-refractivity contribution in [3.63, 3.8) is 0 Å². The van der Waals surface area contributed by atoms with Crippen LogP contribution in [0.15, 0.2) is 12.1 Å². The molecule has 1 rings (SSSR count). The molecule has 1 heterocycles. The van der Waals surface area contributed by atoms with Crippen molar-refractivity contribution in [3.8, 4) is 12.3 Å². The molecule has 0 amide bonds. The summed E-state index contributed by atoms with van der Waals surface area (Å²) in [6.07, 6.45) is 5.14. The lowest BCUT2D eigenvalue weighted by Gasteiger charge is -2.19. The number of nitrogens with zero attached hydrogens (tertiary/aromatic N) is 1. The third-order valence-electron chi connectivity index (χ3n) is 2.21. The molecule has 0 spiro atoms. The molecule has 0 aliphatic carbocycles. The zero-order chi connectivity index (χ0) is 13.1. The molecule has 4 heteroatoms. The Kier molecular flexibility index (Phi) is 3.74. The Morgan fingerprint density at radius 2 is 2.18 bits per heavy atom. The normalized spacial score (nSPS) is 10.7. The summed E-state index contributed by atoms with van der Waals surface area (Å²) >= 11 is 0. The van der Waals surface area contributed by atoms with Gasteiger partial charge in [0, 0.05) is 11.1 Å². The van der Waals surface area contributed by atoms with E-state index in [9.17, 15) is 4.79 Å². The standard InChI is InChI=1S/C13H16N2O2/c1-5-6-14-11-8-9(12(16)17)7-10(15-11)13(2,3)4/h1,7-8H,6H2,2-4H3,(H,14,15)(H,16,17). The van der Waals surface area contributed by atoms with Gasteiger partial charge in [0.1, 0.15) is 5.82 Å². The van der Waals surface area contributed by atoms with Gasteiger partial charge < -0.3 is 10.4 Å². The molecule has 0 saturated carbocycles. The fraction of sp³-hybridized carbons (Fsp3) is 0.385. The number of nitrogens with one attached hydrogen (secondary N) is 1. The van der Waals surface area contributed by atoms with Crippen LogP contribution in [0.1, 0.15) is 36.8 Å². The monoisotopic (exact) mass is 232 g/mol. The molecular weight excluding hydrogens is 216 g/mol. The molecule has 1 aromatic rings. The predicted molar refractivity (Wildman–Crippen MR) is 67.2 cm³/mol. The first-order valence-corrected chi connectivity index (χ1v) is 5.28. The number of aromatic nitrogens is 1. The molecular formula is C13H16N2O2. The maximum absolute atomic E-state index is 11.0. The fourth-order valence-electron chi connectivity index (χ4n) is 1.27. The number of carboxylic acid groups (broad SMARTS) is 1. The molecule has 2 N–H and O–H groups in total. The van der Waals surface area contributed by atoms with Crippen LogP contribution in [0.4, 0.5) is 5.82 Å². The van der Waals surface area contributed by atoms with Crippen molar-refractivity contribution in [2.75, 3.05) is 11.9 Å². The molecule has 0 saturated heterocycles. The second kappa shape index (κ2) is 4.88. The highest BCUT2D eigenvalue weighted by Crippen LogP contribution is 2.23. The van der Waals surface area contributed by atoms with Crippen LogP contribution in [0.3, 0.4) is 0 Å². The molecule has 0 bridgehead atoms. The van der Waals surface area contributed by atoms with Gasteiger partial charge in [0.05, 0.1) is 12.1 Å². The van der Waals surface area contributed by atoms with Gasteiger partial charge in [0.2, 0.25) is 0 Å². The smallest absolute Gasteiger partial charge is 0.335 e. The van der Waals surface area contributed by atoms with Crippen LogP contribution in [0.2, 0.25) is 0 Å². The second-order valence-electron chi connectivity index (χ2n) is 4.74. The predicted octanol–water partition coefficient (Wildman–Crippen LogP) is 2.12. The van der Waals surface area contributed by atoms with Crippen LogP contribution in [0.25, 0.3) is 0 Å². The van der Waals surface area contributed by atoms with E-state index in [1.807, 2.05) is 20.8 Å². The van der Waals surface area contributed by atoms with Crippen LogP contribution < -0.4 is 5.32 Å². The number of pyridine rings is 1. The average Bonchev–Trinajstić information content (AvgIpc) is 2.24. The Morgan fingerprint density at radius 3 is 2.65 bits per heavy atom. The number of hydrogen-bond donors (Lipinski definition) is 2. The second-order valence-corrected chi connectivity index (χ2v) is 4.74. The summed E-state index contributed by atoms with van der Waals surface area (Å²) in [6.45, 7) is 6.25. The number of anilines is 1. The highest BCUT2D eigenvalue weighted by Gasteiger charge is 2.18. The average molecular weight is 232 g/mol. The van der Waals surface area contributed by atoms with Crippen LogP contribution in [0, 0.1) is 12.3 Å². The summed E-state index contributed by atoms with van der Waals surface area (Å²) in [6, 6.07) is 3.07. The molecule has 4 nitrogen and oxygen atoms in total. The maximum atomic E-state index is 11.0. The molecule has 0 radical (unpaired) electrons. The van der Waals surface area contributed by atoms with E-state index in [2.05, 4.69) is 16.2 Å². The SMILES string of the molecule is C#CCNc1cc(C(=O)O)cc(C(C)(C)C)n1. The van der Waals surface area contributed by atoms with E-state index in [-0.39, 0.29) is 11.0 Å². The molecule has 0 aromatic carbocycles. The first-order valence-electron chi connectivity index (χ1n) is 5.28. The number of aromatic carboxylic acids is 1. The van der Waals surface area contributed by atoms with Gasteiger partial charge in [-0.2, -0.15) is 0 Å². The van der Waals surface area contributed by atoms with Crippen LogP contribution in [0.5, 0.6) is 0 Å². The Bertz CT molecular complexity index is 467. The number of carboxylic acids is 1. The zero-order valence-corrected chi connectivity index (χ0v) is 10.2. The first kappa shape index (κ1) is 13.0. The van der Waals surface area contributed by atoms with Gasteiger partial charge in [-0.25, -0.2) is 9.78 Å². The van der Waals surface area contributed by atoms with Gasteiger partial charge in [-0.05, 0) is 12.1 Å². The number of rotatable bonds is 3. The van der Waals surface area contributed by atoms with E-state index in [0.717, 1.165) is 5.69 Å². The summed E-state index contributed by atoms with van der Waals surface area (Å²) in [5.74, 6) is 1.95. The van der Waals surface area contributed by atoms with Gasteiger partial charge in [0.15, 0.2) is 0 Å². The van der Waals surface area contributed by atoms with Crippen LogP contribution in [-0.2, 0) is 5.41 Å². The van der Waals surface area contributed by atoms with Gasteiger partial charge >= 0.3 is 5.97 Å². The zero-order valence-electron chi connectivity index (χ0n) is 10.2. The van der Waals surface area contributed by atoms with E-state index >= 15 is 0 Å². The molecule has 0 atom stereocenters. The van der Waals surface area contributed by atoms with E-state index < -0.39 is 5.97 Å². The highest BCUT2D eigenvalue weighted by molar-refractivity contribution is 5.88. The Labute approximate surface area is 101 Å². The van der Waals surface area contributed by atoms with E-state index in [0.29, 0.717) is 12.4 Å². The summed E-state index contributed by atoms with van der Waals surface area (Å²) in [5, 5.41) is 11.9. The van der Waals surface area contributed by atoms with E-state index in [1.165, 1.54) is 6.07 Å². The topological polar surface area (TPSA) is 62.2 Å². The van der Waals surface area contributed by atoms with Crippen molar-refractivity contribution in [3.05, 3.63) is 23.4 Å². The quantitative estimate of drug-likeness (QED) is 0.784. The molecule has 90 valence electrons. The van der Waals surface area contributed by atoms with Gasteiger partial charge in [-0.3, -0.25) is 0 Å². The minimum absolute atomic E-state index is 0.210. The third-order valence-corrected chi connectivity index (χ3v) is 2.21. The fourth-order valence-corrected chi connectivity index (χ4v) is 1.27. The summed E-state index contributed by atoms with van der Waals surface area (Å²) in [4.78, 5) is 15.4.